The molecule has 0 aliphatic carbocycles. The molecule has 2 aromatic rings. The maximum atomic E-state index is 13.2. The third-order valence-electron chi connectivity index (χ3n) is 3.13. The third-order valence-corrected chi connectivity index (χ3v) is 3.13. The average Bonchev–Trinajstić information content (AvgIpc) is 2.72. The van der Waals surface area contributed by atoms with Crippen molar-refractivity contribution in [2.24, 2.45) is 0 Å². The Hall–Kier alpha value is -1.97. The van der Waals surface area contributed by atoms with Crippen molar-refractivity contribution in [1.82, 2.24) is 9.78 Å². The minimum atomic E-state index is -0.380. The molecule has 0 saturated heterocycles. The van der Waals surface area contributed by atoms with Crippen LogP contribution < -0.4 is 0 Å². The Labute approximate surface area is 112 Å². The molecule has 0 unspecified atom stereocenters. The quantitative estimate of drug-likeness (QED) is 0.792. The molecule has 2 rings (SSSR count). The first-order valence-corrected chi connectivity index (χ1v) is 6.34. The Balaban J connectivity index is 2.27. The molecule has 0 aliphatic rings. The van der Waals surface area contributed by atoms with Crippen LogP contribution in [0.2, 0.25) is 0 Å². The van der Waals surface area contributed by atoms with Crippen LogP contribution in [0.15, 0.2) is 24.3 Å². The summed E-state index contributed by atoms with van der Waals surface area (Å²) in [6, 6.07) is 6.20. The summed E-state index contributed by atoms with van der Waals surface area (Å²) in [7, 11) is 0. The van der Waals surface area contributed by atoms with Crippen LogP contribution in [0.25, 0.3) is 0 Å². The summed E-state index contributed by atoms with van der Waals surface area (Å²) in [5.74, 6) is -0.458. The predicted octanol–water partition coefficient (Wildman–Crippen LogP) is 3.08. The van der Waals surface area contributed by atoms with Crippen molar-refractivity contribution >= 4 is 5.78 Å². The van der Waals surface area contributed by atoms with Gasteiger partial charge in [0, 0.05) is 17.8 Å². The van der Waals surface area contributed by atoms with Crippen LogP contribution in [0.1, 0.15) is 34.2 Å². The Morgan fingerprint density at radius 1 is 1.32 bits per heavy atom. The number of Topliss-reactive ketones (excluding diaryl/α,β-unsaturated/α-hetero) is 1. The first-order chi connectivity index (χ1) is 9.01. The van der Waals surface area contributed by atoms with Crippen molar-refractivity contribution in [1.29, 1.82) is 0 Å². The zero-order valence-corrected chi connectivity index (χ0v) is 11.4. The number of carbonyl (C=O) groups is 1. The number of hydrogen-bond donors (Lipinski definition) is 0. The highest BCUT2D eigenvalue weighted by molar-refractivity contribution is 5.98. The number of rotatable bonds is 4. The summed E-state index contributed by atoms with van der Waals surface area (Å²) in [6.07, 6.45) is 0.249. The third kappa shape index (κ3) is 2.89. The van der Waals surface area contributed by atoms with Crippen molar-refractivity contribution in [3.8, 4) is 0 Å². The normalized spacial score (nSPS) is 10.7. The van der Waals surface area contributed by atoms with Crippen LogP contribution in [0.5, 0.6) is 0 Å². The number of halogens is 1. The van der Waals surface area contributed by atoms with Crippen molar-refractivity contribution in [3.63, 3.8) is 0 Å². The van der Waals surface area contributed by atoms with Gasteiger partial charge in [-0.3, -0.25) is 9.48 Å². The van der Waals surface area contributed by atoms with Gasteiger partial charge >= 0.3 is 0 Å². The number of hydrogen-bond acceptors (Lipinski definition) is 2. The van der Waals surface area contributed by atoms with E-state index in [9.17, 15) is 9.18 Å². The van der Waals surface area contributed by atoms with E-state index in [1.165, 1.54) is 12.1 Å². The molecule has 19 heavy (non-hydrogen) atoms. The molecule has 4 heteroatoms. The van der Waals surface area contributed by atoms with Gasteiger partial charge < -0.3 is 0 Å². The van der Waals surface area contributed by atoms with Gasteiger partial charge in [-0.15, -0.1) is 0 Å². The fourth-order valence-corrected chi connectivity index (χ4v) is 2.17. The standard InChI is InChI=1S/C15H17FN2O/c1-4-18-13(7-11(3)17-18)9-15(19)14-8-12(16)6-5-10(14)2/h5-8H,4,9H2,1-3H3. The predicted molar refractivity (Wildman–Crippen MR) is 71.8 cm³/mol. The van der Waals surface area contributed by atoms with Gasteiger partial charge in [-0.1, -0.05) is 6.07 Å². The maximum Gasteiger partial charge on any atom is 0.169 e. The highest BCUT2D eigenvalue weighted by Gasteiger charge is 2.14. The van der Waals surface area contributed by atoms with Gasteiger partial charge in [-0.2, -0.15) is 5.10 Å². The lowest BCUT2D eigenvalue weighted by Crippen LogP contribution is -2.11. The van der Waals surface area contributed by atoms with Gasteiger partial charge in [0.2, 0.25) is 0 Å². The molecular formula is C15H17FN2O. The molecule has 0 fully saturated rings. The van der Waals surface area contributed by atoms with E-state index >= 15 is 0 Å². The van der Waals surface area contributed by atoms with Crippen LogP contribution in [-0.2, 0) is 13.0 Å². The van der Waals surface area contributed by atoms with E-state index in [-0.39, 0.29) is 18.0 Å². The van der Waals surface area contributed by atoms with Gasteiger partial charge in [0.25, 0.3) is 0 Å². The van der Waals surface area contributed by atoms with E-state index in [0.29, 0.717) is 5.56 Å². The summed E-state index contributed by atoms with van der Waals surface area (Å²) < 4.78 is 15.0. The number of aromatic nitrogens is 2. The molecule has 0 radical (unpaired) electrons. The van der Waals surface area contributed by atoms with Gasteiger partial charge in [0.05, 0.1) is 12.1 Å². The van der Waals surface area contributed by atoms with Crippen molar-refractivity contribution in [2.45, 2.75) is 33.7 Å². The Morgan fingerprint density at radius 2 is 2.05 bits per heavy atom. The van der Waals surface area contributed by atoms with Crippen molar-refractivity contribution < 1.29 is 9.18 Å². The second kappa shape index (κ2) is 5.34. The number of ketones is 1. The van der Waals surface area contributed by atoms with Crippen LogP contribution in [0, 0.1) is 19.7 Å². The molecule has 1 aromatic heterocycles. The molecule has 0 amide bonds. The Kier molecular flexibility index (Phi) is 3.79. The minimum absolute atomic E-state index is 0.0772. The molecule has 1 heterocycles. The Bertz CT molecular complexity index is 617. The van der Waals surface area contributed by atoms with E-state index < -0.39 is 0 Å². The van der Waals surface area contributed by atoms with E-state index in [1.54, 1.807) is 6.07 Å². The lowest BCUT2D eigenvalue weighted by molar-refractivity contribution is 0.0989. The number of aryl methyl sites for hydroxylation is 3. The van der Waals surface area contributed by atoms with E-state index in [4.69, 9.17) is 0 Å². The summed E-state index contributed by atoms with van der Waals surface area (Å²) in [5, 5.41) is 4.31. The van der Waals surface area contributed by atoms with Crippen molar-refractivity contribution in [2.75, 3.05) is 0 Å². The van der Waals surface area contributed by atoms with Crippen LogP contribution in [-0.4, -0.2) is 15.6 Å². The summed E-state index contributed by atoms with van der Waals surface area (Å²) in [4.78, 5) is 12.3. The van der Waals surface area contributed by atoms with Gasteiger partial charge in [0.15, 0.2) is 5.78 Å². The van der Waals surface area contributed by atoms with Crippen LogP contribution >= 0.6 is 0 Å². The average molecular weight is 260 g/mol. The van der Waals surface area contributed by atoms with E-state index in [2.05, 4.69) is 5.10 Å². The molecule has 1 aromatic carbocycles. The van der Waals surface area contributed by atoms with Gasteiger partial charge in [-0.25, -0.2) is 4.39 Å². The van der Waals surface area contributed by atoms with Crippen LogP contribution in [0.4, 0.5) is 4.39 Å². The molecule has 0 saturated carbocycles. The largest absolute Gasteiger partial charge is 0.294 e. The fourth-order valence-electron chi connectivity index (χ4n) is 2.17. The Morgan fingerprint density at radius 3 is 2.74 bits per heavy atom. The lowest BCUT2D eigenvalue weighted by Gasteiger charge is -2.06. The zero-order chi connectivity index (χ0) is 14.0. The number of benzene rings is 1. The molecule has 3 nitrogen and oxygen atoms in total. The second-order valence-electron chi connectivity index (χ2n) is 4.65. The smallest absolute Gasteiger partial charge is 0.169 e. The molecule has 0 N–H and O–H groups in total. The maximum absolute atomic E-state index is 13.2. The first kappa shape index (κ1) is 13.5. The summed E-state index contributed by atoms with van der Waals surface area (Å²) in [6.45, 7) is 6.41. The lowest BCUT2D eigenvalue weighted by atomic mass is 10.0. The summed E-state index contributed by atoms with van der Waals surface area (Å²) in [5.41, 5.74) is 3.00. The molecular weight excluding hydrogens is 243 g/mol. The molecule has 0 spiro atoms. The topological polar surface area (TPSA) is 34.9 Å². The van der Waals surface area contributed by atoms with Crippen LogP contribution in [0.3, 0.4) is 0 Å². The SMILES string of the molecule is CCn1nc(C)cc1CC(=O)c1cc(F)ccc1C. The van der Waals surface area contributed by atoms with Gasteiger partial charge in [0.1, 0.15) is 5.82 Å². The highest BCUT2D eigenvalue weighted by atomic mass is 19.1. The minimum Gasteiger partial charge on any atom is -0.294 e. The van der Waals surface area contributed by atoms with E-state index in [0.717, 1.165) is 23.5 Å². The second-order valence-corrected chi connectivity index (χ2v) is 4.65. The van der Waals surface area contributed by atoms with Gasteiger partial charge in [-0.05, 0) is 44.5 Å². The number of nitrogens with zero attached hydrogens (tertiary/aromatic N) is 2. The molecule has 0 aliphatic heterocycles. The summed E-state index contributed by atoms with van der Waals surface area (Å²) >= 11 is 0. The highest BCUT2D eigenvalue weighted by Crippen LogP contribution is 2.14. The van der Waals surface area contributed by atoms with E-state index in [1.807, 2.05) is 31.5 Å². The molecule has 0 bridgehead atoms. The monoisotopic (exact) mass is 260 g/mol. The fraction of sp³-hybridized carbons (Fsp3) is 0.333. The zero-order valence-electron chi connectivity index (χ0n) is 11.4. The molecule has 100 valence electrons. The molecule has 0 atom stereocenters. The van der Waals surface area contributed by atoms with Crippen molar-refractivity contribution in [3.05, 3.63) is 52.6 Å². The number of carbonyl (C=O) groups excluding carboxylic acids is 1. The first-order valence-electron chi connectivity index (χ1n) is 6.34.